The van der Waals surface area contributed by atoms with Crippen LogP contribution >= 0.6 is 0 Å². The van der Waals surface area contributed by atoms with Gasteiger partial charge in [0.1, 0.15) is 5.60 Å². The Kier molecular flexibility index (Phi) is 4.98. The van der Waals surface area contributed by atoms with Crippen LogP contribution in [-0.4, -0.2) is 41.5 Å². The SMILES string of the molecule is [C-]#[N+]C1C[C@]2(C)C[C@@H](N(C)C(=O)OC(C)(C)C)CC[C@H]2C(C)(C)C1=O. The molecule has 5 heteroatoms. The first kappa shape index (κ1) is 19.8. The van der Waals surface area contributed by atoms with Crippen LogP contribution in [-0.2, 0) is 9.53 Å². The molecule has 0 aliphatic heterocycles. The van der Waals surface area contributed by atoms with Gasteiger partial charge in [-0.15, -0.1) is 0 Å². The standard InChI is InChI=1S/C20H32N2O3/c1-18(2,3)25-17(24)22(8)13-9-10-15-19(4,5)16(23)14(21-7)12-20(15,6)11-13/h13-15H,9-12H2,1-6,8H3/t13-,14?,15-,20-/m0/s1. The van der Waals surface area contributed by atoms with E-state index in [0.29, 0.717) is 6.42 Å². The molecule has 0 saturated heterocycles. The van der Waals surface area contributed by atoms with E-state index in [1.807, 2.05) is 34.6 Å². The van der Waals surface area contributed by atoms with Gasteiger partial charge in [-0.05, 0) is 51.4 Å². The maximum Gasteiger partial charge on any atom is 0.410 e. The molecule has 0 radical (unpaired) electrons. The minimum atomic E-state index is -0.554. The van der Waals surface area contributed by atoms with Gasteiger partial charge in [0.15, 0.2) is 0 Å². The average Bonchev–Trinajstić information content (AvgIpc) is 2.48. The molecule has 5 nitrogen and oxygen atoms in total. The van der Waals surface area contributed by atoms with Crippen LogP contribution in [0, 0.1) is 23.3 Å². The van der Waals surface area contributed by atoms with Crippen LogP contribution in [0.25, 0.3) is 4.85 Å². The van der Waals surface area contributed by atoms with Crippen LogP contribution < -0.4 is 0 Å². The summed E-state index contributed by atoms with van der Waals surface area (Å²) in [4.78, 5) is 30.4. The van der Waals surface area contributed by atoms with E-state index < -0.39 is 17.1 Å². The fraction of sp³-hybridized carbons (Fsp3) is 0.850. The summed E-state index contributed by atoms with van der Waals surface area (Å²) in [5.41, 5.74) is -1.09. The summed E-state index contributed by atoms with van der Waals surface area (Å²) in [6.45, 7) is 19.2. The van der Waals surface area contributed by atoms with Gasteiger partial charge in [-0.1, -0.05) is 20.8 Å². The molecule has 2 fully saturated rings. The van der Waals surface area contributed by atoms with Crippen LogP contribution in [0.4, 0.5) is 4.79 Å². The Bertz CT molecular complexity index is 599. The van der Waals surface area contributed by atoms with E-state index in [1.165, 1.54) is 0 Å². The van der Waals surface area contributed by atoms with E-state index in [-0.39, 0.29) is 29.3 Å². The van der Waals surface area contributed by atoms with Crippen molar-refractivity contribution in [2.45, 2.75) is 84.9 Å². The summed E-state index contributed by atoms with van der Waals surface area (Å²) < 4.78 is 5.51. The van der Waals surface area contributed by atoms with Crippen molar-refractivity contribution in [3.05, 3.63) is 11.4 Å². The van der Waals surface area contributed by atoms with Crippen molar-refractivity contribution in [2.24, 2.45) is 16.7 Å². The molecule has 2 saturated carbocycles. The van der Waals surface area contributed by atoms with Crippen molar-refractivity contribution in [3.8, 4) is 0 Å². The predicted molar refractivity (Wildman–Crippen MR) is 97.0 cm³/mol. The number of carbonyl (C=O) groups is 2. The molecule has 140 valence electrons. The third-order valence-corrected chi connectivity index (χ3v) is 6.19. The normalized spacial score (nSPS) is 34.6. The molecule has 4 atom stereocenters. The largest absolute Gasteiger partial charge is 0.444 e. The molecule has 2 aliphatic rings. The van der Waals surface area contributed by atoms with Crippen LogP contribution in [0.3, 0.4) is 0 Å². The van der Waals surface area contributed by atoms with E-state index in [1.54, 1.807) is 11.9 Å². The van der Waals surface area contributed by atoms with E-state index in [2.05, 4.69) is 11.8 Å². The highest BCUT2D eigenvalue weighted by Crippen LogP contribution is 2.57. The van der Waals surface area contributed by atoms with Crippen molar-refractivity contribution >= 4 is 11.9 Å². The van der Waals surface area contributed by atoms with Gasteiger partial charge in [0.25, 0.3) is 6.04 Å². The molecular formula is C20H32N2O3. The summed E-state index contributed by atoms with van der Waals surface area (Å²) in [6.07, 6.45) is 2.89. The number of carbonyl (C=O) groups excluding carboxylic acids is 2. The molecule has 0 bridgehead atoms. The monoisotopic (exact) mass is 348 g/mol. The Hall–Kier alpha value is -1.57. The van der Waals surface area contributed by atoms with Crippen LogP contribution in [0.1, 0.15) is 67.2 Å². The predicted octanol–water partition coefficient (Wildman–Crippen LogP) is 4.32. The highest BCUT2D eigenvalue weighted by molar-refractivity contribution is 5.92. The fourth-order valence-electron chi connectivity index (χ4n) is 5.00. The Labute approximate surface area is 151 Å². The maximum atomic E-state index is 12.7. The van der Waals surface area contributed by atoms with Crippen molar-refractivity contribution in [1.29, 1.82) is 0 Å². The first-order chi connectivity index (χ1) is 11.3. The fourth-order valence-corrected chi connectivity index (χ4v) is 5.00. The average molecular weight is 348 g/mol. The van der Waals surface area contributed by atoms with Gasteiger partial charge in [-0.25, -0.2) is 11.4 Å². The summed E-state index contributed by atoms with van der Waals surface area (Å²) in [5, 5.41) is 0. The minimum Gasteiger partial charge on any atom is -0.444 e. The highest BCUT2D eigenvalue weighted by Gasteiger charge is 2.59. The van der Waals surface area contributed by atoms with E-state index in [9.17, 15) is 9.59 Å². The Balaban J connectivity index is 2.20. The molecular weight excluding hydrogens is 316 g/mol. The van der Waals surface area contributed by atoms with Gasteiger partial charge in [0.2, 0.25) is 5.78 Å². The highest BCUT2D eigenvalue weighted by atomic mass is 16.6. The molecule has 0 aromatic carbocycles. The summed E-state index contributed by atoms with van der Waals surface area (Å²) in [5.74, 6) is 0.345. The Morgan fingerprint density at radius 1 is 1.24 bits per heavy atom. The number of ketones is 1. The maximum absolute atomic E-state index is 12.7. The molecule has 0 aromatic heterocycles. The minimum absolute atomic E-state index is 0.0870. The van der Waals surface area contributed by atoms with E-state index in [0.717, 1.165) is 19.3 Å². The molecule has 0 spiro atoms. The smallest absolute Gasteiger partial charge is 0.410 e. The van der Waals surface area contributed by atoms with Crippen molar-refractivity contribution < 1.29 is 14.3 Å². The van der Waals surface area contributed by atoms with Crippen molar-refractivity contribution in [2.75, 3.05) is 7.05 Å². The second-order valence-corrected chi connectivity index (χ2v) is 9.67. The number of hydrogen-bond acceptors (Lipinski definition) is 3. The zero-order valence-electron chi connectivity index (χ0n) is 16.7. The number of amides is 1. The van der Waals surface area contributed by atoms with Crippen molar-refractivity contribution in [1.82, 2.24) is 4.90 Å². The molecule has 25 heavy (non-hydrogen) atoms. The van der Waals surface area contributed by atoms with Gasteiger partial charge >= 0.3 is 6.09 Å². The van der Waals surface area contributed by atoms with Gasteiger partial charge < -0.3 is 14.5 Å². The van der Waals surface area contributed by atoms with Gasteiger partial charge in [0.05, 0.1) is 0 Å². The second-order valence-electron chi connectivity index (χ2n) is 9.67. The molecule has 0 N–H and O–H groups in total. The third-order valence-electron chi connectivity index (χ3n) is 6.19. The molecule has 0 heterocycles. The van der Waals surface area contributed by atoms with Gasteiger partial charge in [-0.2, -0.15) is 0 Å². The van der Waals surface area contributed by atoms with Crippen LogP contribution in [0.5, 0.6) is 0 Å². The third kappa shape index (κ3) is 3.68. The number of ether oxygens (including phenoxy) is 1. The molecule has 0 aromatic rings. The van der Waals surface area contributed by atoms with Gasteiger partial charge in [-0.3, -0.25) is 4.79 Å². The molecule has 2 rings (SSSR count). The first-order valence-corrected chi connectivity index (χ1v) is 9.18. The zero-order valence-corrected chi connectivity index (χ0v) is 16.7. The van der Waals surface area contributed by atoms with Crippen LogP contribution in [0.15, 0.2) is 0 Å². The van der Waals surface area contributed by atoms with E-state index >= 15 is 0 Å². The lowest BCUT2D eigenvalue weighted by Gasteiger charge is -2.54. The number of Topliss-reactive ketones (excluding diaryl/α,β-unsaturated/α-hetero) is 1. The number of hydrogen-bond donors (Lipinski definition) is 0. The van der Waals surface area contributed by atoms with Gasteiger partial charge in [0, 0.05) is 24.9 Å². The summed E-state index contributed by atoms with van der Waals surface area (Å²) in [6, 6.07) is -0.465. The molecule has 2 aliphatic carbocycles. The number of nitrogens with zero attached hydrogens (tertiary/aromatic N) is 2. The Morgan fingerprint density at radius 2 is 1.84 bits per heavy atom. The summed E-state index contributed by atoms with van der Waals surface area (Å²) >= 11 is 0. The lowest BCUT2D eigenvalue weighted by Crippen LogP contribution is -2.57. The lowest BCUT2D eigenvalue weighted by molar-refractivity contribution is -0.145. The Morgan fingerprint density at radius 3 is 2.36 bits per heavy atom. The molecule has 1 unspecified atom stereocenters. The number of fused-ring (bicyclic) bond motifs is 1. The second kappa shape index (κ2) is 6.30. The lowest BCUT2D eigenvalue weighted by atomic mass is 9.49. The summed E-state index contributed by atoms with van der Waals surface area (Å²) in [7, 11) is 1.80. The zero-order chi connectivity index (χ0) is 19.2. The van der Waals surface area contributed by atoms with E-state index in [4.69, 9.17) is 11.3 Å². The van der Waals surface area contributed by atoms with Crippen LogP contribution in [0.2, 0.25) is 0 Å². The quantitative estimate of drug-likeness (QED) is 0.663. The number of rotatable bonds is 1. The molecule has 1 amide bonds. The first-order valence-electron chi connectivity index (χ1n) is 9.18. The topological polar surface area (TPSA) is 51.0 Å². The van der Waals surface area contributed by atoms with Crippen molar-refractivity contribution in [3.63, 3.8) is 0 Å².